The molecule has 0 aliphatic heterocycles. The quantitative estimate of drug-likeness (QED) is 0.650. The number of hydrogen-bond donors (Lipinski definition) is 0. The van der Waals surface area contributed by atoms with E-state index in [9.17, 15) is 0 Å². The molecule has 0 aliphatic rings. The van der Waals surface area contributed by atoms with Crippen LogP contribution in [0.3, 0.4) is 0 Å². The van der Waals surface area contributed by atoms with Gasteiger partial charge in [-0.05, 0) is 13.8 Å². The first-order valence-corrected chi connectivity index (χ1v) is 4.02. The van der Waals surface area contributed by atoms with Gasteiger partial charge in [0.2, 0.25) is 0 Å². The summed E-state index contributed by atoms with van der Waals surface area (Å²) in [4.78, 5) is 4.19. The van der Waals surface area contributed by atoms with Crippen molar-refractivity contribution in [3.63, 3.8) is 0 Å². The first-order chi connectivity index (χ1) is 5.11. The van der Waals surface area contributed by atoms with Crippen molar-refractivity contribution in [3.05, 3.63) is 12.2 Å². The summed E-state index contributed by atoms with van der Waals surface area (Å²) in [5.41, 5.74) is 0. The molecular formula is C8H15N3. The van der Waals surface area contributed by atoms with Crippen LogP contribution in [0.5, 0.6) is 0 Å². The van der Waals surface area contributed by atoms with E-state index in [-0.39, 0.29) is 0 Å². The molecule has 0 aromatic carbocycles. The average molecular weight is 153 g/mol. The second kappa shape index (κ2) is 3.03. The highest BCUT2D eigenvalue weighted by Crippen LogP contribution is 2.09. The van der Waals surface area contributed by atoms with Gasteiger partial charge in [-0.2, -0.15) is 5.10 Å². The third kappa shape index (κ3) is 1.79. The van der Waals surface area contributed by atoms with E-state index in [1.165, 1.54) is 0 Å². The van der Waals surface area contributed by atoms with Crippen LogP contribution in [0.15, 0.2) is 6.33 Å². The Morgan fingerprint density at radius 3 is 2.18 bits per heavy atom. The van der Waals surface area contributed by atoms with Crippen molar-refractivity contribution in [2.24, 2.45) is 0 Å². The van der Waals surface area contributed by atoms with Crippen LogP contribution in [0.1, 0.15) is 45.5 Å². The van der Waals surface area contributed by atoms with Crippen LogP contribution in [-0.4, -0.2) is 14.8 Å². The van der Waals surface area contributed by atoms with E-state index in [1.54, 1.807) is 6.33 Å². The lowest BCUT2D eigenvalue weighted by molar-refractivity contribution is 0.522. The molecule has 3 heteroatoms. The fourth-order valence-electron chi connectivity index (χ4n) is 0.802. The zero-order valence-corrected chi connectivity index (χ0v) is 7.57. The topological polar surface area (TPSA) is 30.7 Å². The SMILES string of the molecule is CC(C)c1ncn(C(C)C)n1. The van der Waals surface area contributed by atoms with Gasteiger partial charge < -0.3 is 0 Å². The van der Waals surface area contributed by atoms with Gasteiger partial charge in [-0.3, -0.25) is 4.68 Å². The molecule has 0 unspecified atom stereocenters. The zero-order chi connectivity index (χ0) is 8.43. The summed E-state index contributed by atoms with van der Waals surface area (Å²) in [6.45, 7) is 8.39. The van der Waals surface area contributed by atoms with E-state index in [0.29, 0.717) is 12.0 Å². The predicted molar refractivity (Wildman–Crippen MR) is 44.5 cm³/mol. The van der Waals surface area contributed by atoms with Crippen LogP contribution in [0.4, 0.5) is 0 Å². The molecule has 1 rings (SSSR count). The molecular weight excluding hydrogens is 138 g/mol. The molecule has 0 saturated carbocycles. The van der Waals surface area contributed by atoms with Gasteiger partial charge in [0.05, 0.1) is 0 Å². The van der Waals surface area contributed by atoms with Crippen molar-refractivity contribution in [2.45, 2.75) is 39.7 Å². The molecule has 3 nitrogen and oxygen atoms in total. The predicted octanol–water partition coefficient (Wildman–Crippen LogP) is 1.98. The van der Waals surface area contributed by atoms with E-state index < -0.39 is 0 Å². The largest absolute Gasteiger partial charge is 0.250 e. The van der Waals surface area contributed by atoms with Gasteiger partial charge in [0.1, 0.15) is 6.33 Å². The Balaban J connectivity index is 2.82. The summed E-state index contributed by atoms with van der Waals surface area (Å²) < 4.78 is 1.88. The number of nitrogens with zero attached hydrogens (tertiary/aromatic N) is 3. The Morgan fingerprint density at radius 1 is 1.27 bits per heavy atom. The Labute approximate surface area is 67.4 Å². The van der Waals surface area contributed by atoms with Crippen molar-refractivity contribution in [2.75, 3.05) is 0 Å². The van der Waals surface area contributed by atoms with Gasteiger partial charge in [0.15, 0.2) is 5.82 Å². The van der Waals surface area contributed by atoms with Crippen molar-refractivity contribution < 1.29 is 0 Å². The highest BCUT2D eigenvalue weighted by atomic mass is 15.3. The van der Waals surface area contributed by atoms with Crippen molar-refractivity contribution >= 4 is 0 Å². The summed E-state index contributed by atoms with van der Waals surface area (Å²) >= 11 is 0. The van der Waals surface area contributed by atoms with Gasteiger partial charge >= 0.3 is 0 Å². The molecule has 1 heterocycles. The summed E-state index contributed by atoms with van der Waals surface area (Å²) in [5, 5.41) is 4.31. The molecule has 62 valence electrons. The van der Waals surface area contributed by atoms with Gasteiger partial charge in [0, 0.05) is 12.0 Å². The summed E-state index contributed by atoms with van der Waals surface area (Å²) in [6.07, 6.45) is 1.79. The molecule has 0 bridgehead atoms. The normalized spacial score (nSPS) is 11.5. The lowest BCUT2D eigenvalue weighted by Gasteiger charge is -2.02. The molecule has 0 aliphatic carbocycles. The van der Waals surface area contributed by atoms with E-state index in [2.05, 4.69) is 37.8 Å². The fraction of sp³-hybridized carbons (Fsp3) is 0.750. The maximum atomic E-state index is 4.31. The molecule has 0 N–H and O–H groups in total. The third-order valence-electron chi connectivity index (χ3n) is 1.57. The first-order valence-electron chi connectivity index (χ1n) is 4.02. The van der Waals surface area contributed by atoms with Gasteiger partial charge in [0.25, 0.3) is 0 Å². The van der Waals surface area contributed by atoms with Crippen molar-refractivity contribution in [1.29, 1.82) is 0 Å². The summed E-state index contributed by atoms with van der Waals surface area (Å²) in [6, 6.07) is 0.412. The fourth-order valence-corrected chi connectivity index (χ4v) is 0.802. The van der Waals surface area contributed by atoms with Crippen LogP contribution in [0.2, 0.25) is 0 Å². The van der Waals surface area contributed by atoms with Crippen LogP contribution < -0.4 is 0 Å². The maximum absolute atomic E-state index is 4.31. The van der Waals surface area contributed by atoms with Crippen LogP contribution in [0.25, 0.3) is 0 Å². The molecule has 0 spiro atoms. The smallest absolute Gasteiger partial charge is 0.153 e. The number of rotatable bonds is 2. The van der Waals surface area contributed by atoms with Gasteiger partial charge in [-0.1, -0.05) is 13.8 Å². The highest BCUT2D eigenvalue weighted by Gasteiger charge is 2.05. The van der Waals surface area contributed by atoms with Crippen LogP contribution >= 0.6 is 0 Å². The van der Waals surface area contributed by atoms with E-state index in [1.807, 2.05) is 4.68 Å². The molecule has 0 fully saturated rings. The van der Waals surface area contributed by atoms with Crippen molar-refractivity contribution in [1.82, 2.24) is 14.8 Å². The van der Waals surface area contributed by atoms with Crippen molar-refractivity contribution in [3.8, 4) is 0 Å². The molecule has 0 saturated heterocycles. The molecule has 11 heavy (non-hydrogen) atoms. The highest BCUT2D eigenvalue weighted by molar-refractivity contribution is 4.88. The van der Waals surface area contributed by atoms with Gasteiger partial charge in [-0.15, -0.1) is 0 Å². The Hall–Kier alpha value is -0.860. The van der Waals surface area contributed by atoms with E-state index in [4.69, 9.17) is 0 Å². The lowest BCUT2D eigenvalue weighted by Crippen LogP contribution is -2.02. The monoisotopic (exact) mass is 153 g/mol. The minimum absolute atomic E-state index is 0.412. The Kier molecular flexibility index (Phi) is 2.27. The number of aromatic nitrogens is 3. The molecule has 0 radical (unpaired) electrons. The van der Waals surface area contributed by atoms with E-state index in [0.717, 1.165) is 5.82 Å². The van der Waals surface area contributed by atoms with Crippen LogP contribution in [-0.2, 0) is 0 Å². The third-order valence-corrected chi connectivity index (χ3v) is 1.57. The minimum atomic E-state index is 0.412. The maximum Gasteiger partial charge on any atom is 0.153 e. The second-order valence-electron chi connectivity index (χ2n) is 3.33. The lowest BCUT2D eigenvalue weighted by atomic mass is 10.2. The average Bonchev–Trinajstić information content (AvgIpc) is 2.33. The minimum Gasteiger partial charge on any atom is -0.250 e. The Morgan fingerprint density at radius 2 is 1.91 bits per heavy atom. The summed E-state index contributed by atoms with van der Waals surface area (Å²) in [7, 11) is 0. The molecule has 1 aromatic heterocycles. The van der Waals surface area contributed by atoms with Crippen LogP contribution in [0, 0.1) is 0 Å². The molecule has 1 aromatic rings. The van der Waals surface area contributed by atoms with E-state index >= 15 is 0 Å². The molecule has 0 amide bonds. The Bertz CT molecular complexity index is 202. The second-order valence-corrected chi connectivity index (χ2v) is 3.33. The zero-order valence-electron chi connectivity index (χ0n) is 7.57. The standard InChI is InChI=1S/C8H15N3/c1-6(2)8-9-5-11(10-8)7(3)4/h5-7H,1-4H3. The summed E-state index contributed by atoms with van der Waals surface area (Å²) in [5.74, 6) is 1.36. The van der Waals surface area contributed by atoms with Gasteiger partial charge in [-0.25, -0.2) is 4.98 Å². The number of hydrogen-bond acceptors (Lipinski definition) is 2. The first kappa shape index (κ1) is 8.24. The molecule has 0 atom stereocenters.